The Balaban J connectivity index is 0.000000937. The molecule has 0 unspecified atom stereocenters. The van der Waals surface area contributed by atoms with Gasteiger partial charge in [0, 0.05) is 34.7 Å². The van der Waals surface area contributed by atoms with Gasteiger partial charge in [0.2, 0.25) is 12.3 Å². The lowest BCUT2D eigenvalue weighted by Gasteiger charge is -2.53. The first-order valence-corrected chi connectivity index (χ1v) is 12.3. The topological polar surface area (TPSA) is 148 Å². The van der Waals surface area contributed by atoms with Gasteiger partial charge in [0.1, 0.15) is 12.4 Å². The van der Waals surface area contributed by atoms with Crippen LogP contribution in [-0.4, -0.2) is 64.2 Å². The summed E-state index contributed by atoms with van der Waals surface area (Å²) >= 11 is 0. The molecule has 2 fully saturated rings. The molecule has 1 aliphatic heterocycles. The first-order chi connectivity index (χ1) is 18.4. The van der Waals surface area contributed by atoms with Crippen LogP contribution in [-0.2, 0) is 9.53 Å². The van der Waals surface area contributed by atoms with E-state index >= 15 is 0 Å². The van der Waals surface area contributed by atoms with E-state index in [-0.39, 0.29) is 31.5 Å². The Bertz CT molecular complexity index is 1450. The molecule has 1 amide bonds. The van der Waals surface area contributed by atoms with E-state index in [9.17, 15) is 9.50 Å². The number of nitrogens with zero attached hydrogens (tertiary/aromatic N) is 3. The second kappa shape index (κ2) is 10.7. The highest BCUT2D eigenvalue weighted by Crippen LogP contribution is 2.48. The number of H-pyrrole nitrogens is 1. The summed E-state index contributed by atoms with van der Waals surface area (Å²) in [6.45, 7) is 3.50. The zero-order valence-corrected chi connectivity index (χ0v) is 20.9. The molecule has 1 aliphatic carbocycles. The Hall–Kier alpha value is -4.09. The summed E-state index contributed by atoms with van der Waals surface area (Å²) in [4.78, 5) is 17.6. The molecule has 0 radical (unpaired) electrons. The standard InChI is InChI=1S/C26H26FN5O3.CH3NO/c1-15-6-21(27)23(30-17-10-26(11-17)13-34-14-26)9-19(15)16-7-22(31-24(8-16)35-5-4-33)18-2-3-28-25-20(18)12-29-32-25;2-1-3/h2-3,6-9,12,17,30,33H,4-5,10-11,13-14H2,1H3,(H,28,29,32);1H,(H2,2,3). The number of rotatable bonds is 7. The van der Waals surface area contributed by atoms with Crippen molar-refractivity contribution in [2.75, 3.05) is 31.7 Å². The second-order valence-electron chi connectivity index (χ2n) is 9.67. The van der Waals surface area contributed by atoms with Crippen LogP contribution in [0.15, 0.2) is 42.7 Å². The lowest BCUT2D eigenvalue weighted by molar-refractivity contribution is -0.159. The van der Waals surface area contributed by atoms with E-state index in [1.54, 1.807) is 18.5 Å². The number of amides is 1. The van der Waals surface area contributed by atoms with Crippen molar-refractivity contribution in [1.82, 2.24) is 20.2 Å². The maximum Gasteiger partial charge on any atom is 0.214 e. The molecule has 11 heteroatoms. The van der Waals surface area contributed by atoms with Crippen LogP contribution >= 0.6 is 0 Å². The number of anilines is 1. The number of primary amides is 1. The van der Waals surface area contributed by atoms with Gasteiger partial charge in [0.15, 0.2) is 5.65 Å². The fourth-order valence-corrected chi connectivity index (χ4v) is 5.13. The van der Waals surface area contributed by atoms with Crippen LogP contribution in [0.1, 0.15) is 18.4 Å². The molecule has 0 atom stereocenters. The van der Waals surface area contributed by atoms with E-state index in [1.165, 1.54) is 0 Å². The number of hydrogen-bond acceptors (Lipinski definition) is 8. The molecular weight excluding hydrogens is 491 g/mol. The van der Waals surface area contributed by atoms with Crippen LogP contribution < -0.4 is 15.8 Å². The highest BCUT2D eigenvalue weighted by molar-refractivity contribution is 5.92. The summed E-state index contributed by atoms with van der Waals surface area (Å²) in [6, 6.07) is 9.32. The van der Waals surface area contributed by atoms with Gasteiger partial charge in [-0.05, 0) is 60.7 Å². The van der Waals surface area contributed by atoms with Crippen molar-refractivity contribution in [3.63, 3.8) is 0 Å². The molecule has 6 rings (SSSR count). The molecule has 198 valence electrons. The predicted molar refractivity (Wildman–Crippen MR) is 140 cm³/mol. The third kappa shape index (κ3) is 5.02. The first kappa shape index (κ1) is 25.6. The van der Waals surface area contributed by atoms with Gasteiger partial charge in [-0.1, -0.05) is 0 Å². The van der Waals surface area contributed by atoms with Crippen molar-refractivity contribution in [3.8, 4) is 28.3 Å². The number of fused-ring (bicyclic) bond motifs is 1. The Kier molecular flexibility index (Phi) is 7.21. The summed E-state index contributed by atoms with van der Waals surface area (Å²) in [7, 11) is 0. The van der Waals surface area contributed by atoms with Crippen LogP contribution in [0.4, 0.5) is 10.1 Å². The van der Waals surface area contributed by atoms with Gasteiger partial charge in [-0.25, -0.2) is 14.4 Å². The van der Waals surface area contributed by atoms with E-state index in [0.29, 0.717) is 28.3 Å². The summed E-state index contributed by atoms with van der Waals surface area (Å²) in [5.41, 5.74) is 9.66. The minimum atomic E-state index is -0.266. The number of aromatic amines is 1. The number of halogens is 1. The number of pyridine rings is 2. The lowest BCUT2D eigenvalue weighted by Crippen LogP contribution is -2.56. The van der Waals surface area contributed by atoms with E-state index in [1.807, 2.05) is 31.2 Å². The first-order valence-electron chi connectivity index (χ1n) is 12.3. The van der Waals surface area contributed by atoms with Gasteiger partial charge < -0.3 is 25.6 Å². The van der Waals surface area contributed by atoms with Crippen molar-refractivity contribution in [2.45, 2.75) is 25.8 Å². The van der Waals surface area contributed by atoms with Gasteiger partial charge in [0.25, 0.3) is 0 Å². The Labute approximate surface area is 218 Å². The SMILES string of the molecule is Cc1cc(F)c(NC2CC3(COC3)C2)cc1-c1cc(OCCO)nc(-c2ccnc3[nH]ncc23)c1.NC=O. The number of carbonyl (C=O) groups excluding carboxylic acids is 1. The van der Waals surface area contributed by atoms with Crippen LogP contribution in [0.25, 0.3) is 33.4 Å². The molecule has 2 aliphatic rings. The maximum absolute atomic E-state index is 14.9. The summed E-state index contributed by atoms with van der Waals surface area (Å²) in [5, 5.41) is 20.5. The molecule has 4 aromatic rings. The van der Waals surface area contributed by atoms with Crippen molar-refractivity contribution in [3.05, 3.63) is 54.1 Å². The monoisotopic (exact) mass is 520 g/mol. The average molecular weight is 521 g/mol. The number of benzene rings is 1. The number of aliphatic hydroxyl groups excluding tert-OH is 1. The van der Waals surface area contributed by atoms with Crippen molar-refractivity contribution >= 4 is 23.1 Å². The van der Waals surface area contributed by atoms with Crippen molar-refractivity contribution in [1.29, 1.82) is 0 Å². The fraction of sp³-hybridized carbons (Fsp3) is 0.333. The minimum Gasteiger partial charge on any atom is -0.475 e. The number of carbonyl (C=O) groups is 1. The number of hydrogen-bond donors (Lipinski definition) is 4. The Morgan fingerprint density at radius 2 is 2.08 bits per heavy atom. The zero-order chi connectivity index (χ0) is 26.7. The van der Waals surface area contributed by atoms with Gasteiger partial charge in [-0.15, -0.1) is 0 Å². The normalized spacial score (nSPS) is 15.8. The van der Waals surface area contributed by atoms with Gasteiger partial charge in [-0.2, -0.15) is 5.10 Å². The molecule has 1 aromatic carbocycles. The third-order valence-electron chi connectivity index (χ3n) is 6.93. The highest BCUT2D eigenvalue weighted by atomic mass is 19.1. The Morgan fingerprint density at radius 1 is 1.29 bits per heavy atom. The molecule has 1 saturated heterocycles. The summed E-state index contributed by atoms with van der Waals surface area (Å²) in [5.74, 6) is 0.112. The van der Waals surface area contributed by atoms with Crippen molar-refractivity contribution in [2.24, 2.45) is 11.1 Å². The smallest absolute Gasteiger partial charge is 0.214 e. The minimum absolute atomic E-state index is 0.121. The molecule has 5 N–H and O–H groups in total. The number of nitrogens with two attached hydrogens (primary N) is 1. The van der Waals surface area contributed by atoms with Gasteiger partial charge in [-0.3, -0.25) is 9.89 Å². The highest BCUT2D eigenvalue weighted by Gasteiger charge is 2.49. The predicted octanol–water partition coefficient (Wildman–Crippen LogP) is 3.20. The van der Waals surface area contributed by atoms with Gasteiger partial charge in [0.05, 0.1) is 37.4 Å². The van der Waals surface area contributed by atoms with E-state index in [4.69, 9.17) is 14.3 Å². The molecule has 38 heavy (non-hydrogen) atoms. The van der Waals surface area contributed by atoms with E-state index in [0.717, 1.165) is 53.7 Å². The van der Waals surface area contributed by atoms with Gasteiger partial charge >= 0.3 is 0 Å². The largest absolute Gasteiger partial charge is 0.475 e. The quantitative estimate of drug-likeness (QED) is 0.272. The summed E-state index contributed by atoms with van der Waals surface area (Å²) in [6.07, 6.45) is 5.65. The molecule has 1 spiro atoms. The number of ether oxygens (including phenoxy) is 2. The average Bonchev–Trinajstić information content (AvgIpc) is 3.34. The molecule has 1 saturated carbocycles. The molecule has 0 bridgehead atoms. The lowest BCUT2D eigenvalue weighted by atomic mass is 9.64. The van der Waals surface area contributed by atoms with Crippen LogP contribution in [0.5, 0.6) is 5.88 Å². The van der Waals surface area contributed by atoms with Crippen molar-refractivity contribution < 1.29 is 23.8 Å². The molecular formula is C27H29FN6O4. The second-order valence-corrected chi connectivity index (χ2v) is 9.67. The van der Waals surface area contributed by atoms with Crippen LogP contribution in [0, 0.1) is 18.2 Å². The van der Waals surface area contributed by atoms with E-state index in [2.05, 4.69) is 31.2 Å². The maximum atomic E-state index is 14.9. The number of aromatic nitrogens is 4. The van der Waals surface area contributed by atoms with Crippen LogP contribution in [0.2, 0.25) is 0 Å². The van der Waals surface area contributed by atoms with Crippen LogP contribution in [0.3, 0.4) is 0 Å². The summed E-state index contributed by atoms with van der Waals surface area (Å²) < 4.78 is 26.0. The number of aliphatic hydroxyl groups is 1. The number of nitrogens with one attached hydrogen (secondary N) is 2. The molecule has 10 nitrogen and oxygen atoms in total. The fourth-order valence-electron chi connectivity index (χ4n) is 5.13. The molecule has 3 aromatic heterocycles. The van der Waals surface area contributed by atoms with E-state index < -0.39 is 0 Å². The molecule has 4 heterocycles. The zero-order valence-electron chi connectivity index (χ0n) is 20.9. The third-order valence-corrected chi connectivity index (χ3v) is 6.93. The Morgan fingerprint density at radius 3 is 2.79 bits per heavy atom. The number of aryl methyl sites for hydroxylation is 1.